The van der Waals surface area contributed by atoms with E-state index in [1.54, 1.807) is 11.3 Å². The fourth-order valence-corrected chi connectivity index (χ4v) is 1.72. The first-order valence-corrected chi connectivity index (χ1v) is 4.85. The number of aliphatic imine (C=N–C) groups is 1. The molecule has 0 unspecified atom stereocenters. The van der Waals surface area contributed by atoms with Crippen molar-refractivity contribution in [2.75, 3.05) is 25.5 Å². The third-order valence-corrected chi connectivity index (χ3v) is 2.52. The molecule has 12 heavy (non-hydrogen) atoms. The van der Waals surface area contributed by atoms with E-state index >= 15 is 0 Å². The third kappa shape index (κ3) is 1.43. The Kier molecular flexibility index (Phi) is 1.99. The summed E-state index contributed by atoms with van der Waals surface area (Å²) in [5.41, 5.74) is 1.13. The van der Waals surface area contributed by atoms with Gasteiger partial charge in [0.05, 0.1) is 12.2 Å². The fraction of sp³-hybridized carbons (Fsp3) is 0.375. The summed E-state index contributed by atoms with van der Waals surface area (Å²) >= 11 is 1.69. The molecule has 0 radical (unpaired) electrons. The molecular formula is C8H11N3S. The molecule has 1 aromatic rings. The monoisotopic (exact) mass is 181 g/mol. The average Bonchev–Trinajstić information content (AvgIpc) is 2.65. The molecule has 1 aliphatic heterocycles. The number of hydrogen-bond acceptors (Lipinski definition) is 4. The molecule has 2 rings (SSSR count). The standard InChI is InChI=1S/C8H11N3S/c1-11-4-3-9-8(11)10-7-2-5-12-6-7/h2,5-6H,3-4H2,1H3,(H,9,10). The van der Waals surface area contributed by atoms with Crippen molar-refractivity contribution in [1.29, 1.82) is 0 Å². The van der Waals surface area contributed by atoms with Crippen LogP contribution < -0.4 is 5.32 Å². The Balaban J connectivity index is 2.04. The molecule has 1 N–H and O–H groups in total. The number of rotatable bonds is 1. The highest BCUT2D eigenvalue weighted by Gasteiger charge is 2.11. The second kappa shape index (κ2) is 3.15. The van der Waals surface area contributed by atoms with E-state index in [9.17, 15) is 0 Å². The highest BCUT2D eigenvalue weighted by atomic mass is 32.1. The van der Waals surface area contributed by atoms with Crippen molar-refractivity contribution in [2.45, 2.75) is 0 Å². The van der Waals surface area contributed by atoms with E-state index in [2.05, 4.69) is 32.0 Å². The molecular weight excluding hydrogens is 170 g/mol. The Morgan fingerprint density at radius 2 is 2.58 bits per heavy atom. The second-order valence-corrected chi connectivity index (χ2v) is 3.54. The van der Waals surface area contributed by atoms with Crippen LogP contribution in [0.25, 0.3) is 0 Å². The van der Waals surface area contributed by atoms with Gasteiger partial charge in [-0.25, -0.2) is 0 Å². The first kappa shape index (κ1) is 7.61. The van der Waals surface area contributed by atoms with Crippen LogP contribution in [0.2, 0.25) is 0 Å². The van der Waals surface area contributed by atoms with Gasteiger partial charge in [-0.15, -0.1) is 0 Å². The van der Waals surface area contributed by atoms with E-state index in [0.717, 1.165) is 24.7 Å². The normalized spacial score (nSPS) is 16.4. The number of nitrogens with one attached hydrogen (secondary N) is 1. The van der Waals surface area contributed by atoms with Crippen LogP contribution in [0.15, 0.2) is 21.8 Å². The lowest BCUT2D eigenvalue weighted by Crippen LogP contribution is -2.28. The van der Waals surface area contributed by atoms with Gasteiger partial charge in [-0.05, 0) is 11.4 Å². The summed E-state index contributed by atoms with van der Waals surface area (Å²) in [6.45, 7) is 1.93. The molecule has 0 aliphatic carbocycles. The summed E-state index contributed by atoms with van der Waals surface area (Å²) < 4.78 is 0. The Hall–Kier alpha value is -1.03. The minimum atomic E-state index is 0.906. The maximum absolute atomic E-state index is 4.33. The summed E-state index contributed by atoms with van der Waals surface area (Å²) in [4.78, 5) is 6.45. The molecule has 0 saturated heterocycles. The molecule has 1 aromatic heterocycles. The molecule has 4 heteroatoms. The van der Waals surface area contributed by atoms with Crippen molar-refractivity contribution in [3.05, 3.63) is 16.8 Å². The number of thiophene rings is 1. The molecule has 0 saturated carbocycles. The highest BCUT2D eigenvalue weighted by Crippen LogP contribution is 2.13. The quantitative estimate of drug-likeness (QED) is 0.710. The van der Waals surface area contributed by atoms with Gasteiger partial charge in [0.25, 0.3) is 0 Å². The molecule has 1 aliphatic rings. The van der Waals surface area contributed by atoms with E-state index < -0.39 is 0 Å². The third-order valence-electron chi connectivity index (χ3n) is 1.84. The van der Waals surface area contributed by atoms with Crippen LogP contribution in [0.5, 0.6) is 0 Å². The lowest BCUT2D eigenvalue weighted by Gasteiger charge is -2.13. The maximum Gasteiger partial charge on any atom is 0.198 e. The van der Waals surface area contributed by atoms with Crippen LogP contribution in [0.4, 0.5) is 5.69 Å². The molecule has 2 heterocycles. The van der Waals surface area contributed by atoms with Crippen LogP contribution in [0, 0.1) is 0 Å². The molecule has 0 aromatic carbocycles. The average molecular weight is 181 g/mol. The van der Waals surface area contributed by atoms with Gasteiger partial charge in [0.2, 0.25) is 0 Å². The SMILES string of the molecule is CN1CCN=C1Nc1ccsc1. The van der Waals surface area contributed by atoms with E-state index in [4.69, 9.17) is 0 Å². The lowest BCUT2D eigenvalue weighted by atomic mass is 10.5. The van der Waals surface area contributed by atoms with Gasteiger partial charge >= 0.3 is 0 Å². The van der Waals surface area contributed by atoms with Crippen LogP contribution in [-0.2, 0) is 0 Å². The predicted octanol–water partition coefficient (Wildman–Crippen LogP) is 1.46. The van der Waals surface area contributed by atoms with E-state index in [1.165, 1.54) is 0 Å². The van der Waals surface area contributed by atoms with Gasteiger partial charge < -0.3 is 10.2 Å². The van der Waals surface area contributed by atoms with Crippen molar-refractivity contribution in [3.63, 3.8) is 0 Å². The predicted molar refractivity (Wildman–Crippen MR) is 52.9 cm³/mol. The van der Waals surface area contributed by atoms with Gasteiger partial charge in [-0.2, -0.15) is 11.3 Å². The lowest BCUT2D eigenvalue weighted by molar-refractivity contribution is 0.555. The summed E-state index contributed by atoms with van der Waals surface area (Å²) in [7, 11) is 2.05. The minimum Gasteiger partial charge on any atom is -0.344 e. The summed E-state index contributed by atoms with van der Waals surface area (Å²) in [5, 5.41) is 7.39. The number of guanidine groups is 1. The fourth-order valence-electron chi connectivity index (χ4n) is 1.13. The number of likely N-dealkylation sites (N-methyl/N-ethyl adjacent to an activating group) is 1. The summed E-state index contributed by atoms with van der Waals surface area (Å²) in [5.74, 6) is 0.980. The van der Waals surface area contributed by atoms with Crippen LogP contribution in [-0.4, -0.2) is 31.0 Å². The molecule has 64 valence electrons. The van der Waals surface area contributed by atoms with Crippen LogP contribution in [0.1, 0.15) is 0 Å². The van der Waals surface area contributed by atoms with E-state index in [-0.39, 0.29) is 0 Å². The second-order valence-electron chi connectivity index (χ2n) is 2.76. The van der Waals surface area contributed by atoms with Gasteiger partial charge in [0.15, 0.2) is 5.96 Å². The molecule has 0 fully saturated rings. The van der Waals surface area contributed by atoms with Crippen molar-refractivity contribution < 1.29 is 0 Å². The topological polar surface area (TPSA) is 27.6 Å². The zero-order valence-corrected chi connectivity index (χ0v) is 7.77. The van der Waals surface area contributed by atoms with Crippen LogP contribution >= 0.6 is 11.3 Å². The Bertz CT molecular complexity index is 279. The van der Waals surface area contributed by atoms with Gasteiger partial charge in [-0.1, -0.05) is 0 Å². The van der Waals surface area contributed by atoms with Crippen molar-refractivity contribution in [2.24, 2.45) is 4.99 Å². The summed E-state index contributed by atoms with van der Waals surface area (Å²) in [6.07, 6.45) is 0. The molecule has 3 nitrogen and oxygen atoms in total. The Morgan fingerprint density at radius 3 is 3.17 bits per heavy atom. The Labute approximate surface area is 75.7 Å². The first-order chi connectivity index (χ1) is 5.86. The molecule has 0 spiro atoms. The Morgan fingerprint density at radius 1 is 1.67 bits per heavy atom. The zero-order chi connectivity index (χ0) is 8.39. The highest BCUT2D eigenvalue weighted by molar-refractivity contribution is 7.08. The molecule has 0 amide bonds. The molecule has 0 bridgehead atoms. The minimum absolute atomic E-state index is 0.906. The van der Waals surface area contributed by atoms with E-state index in [0.29, 0.717) is 0 Å². The maximum atomic E-state index is 4.33. The zero-order valence-electron chi connectivity index (χ0n) is 6.95. The molecule has 0 atom stereocenters. The van der Waals surface area contributed by atoms with Crippen molar-refractivity contribution in [1.82, 2.24) is 4.90 Å². The van der Waals surface area contributed by atoms with Gasteiger partial charge in [0.1, 0.15) is 0 Å². The van der Waals surface area contributed by atoms with Crippen molar-refractivity contribution in [3.8, 4) is 0 Å². The number of nitrogens with zero attached hydrogens (tertiary/aromatic N) is 2. The smallest absolute Gasteiger partial charge is 0.198 e. The van der Waals surface area contributed by atoms with Gasteiger partial charge in [0, 0.05) is 19.0 Å². The largest absolute Gasteiger partial charge is 0.344 e. The van der Waals surface area contributed by atoms with E-state index in [1.807, 2.05) is 7.05 Å². The summed E-state index contributed by atoms with van der Waals surface area (Å²) in [6, 6.07) is 2.05. The van der Waals surface area contributed by atoms with Crippen molar-refractivity contribution >= 4 is 23.0 Å². The van der Waals surface area contributed by atoms with Crippen LogP contribution in [0.3, 0.4) is 0 Å². The number of hydrogen-bond donors (Lipinski definition) is 1. The first-order valence-electron chi connectivity index (χ1n) is 3.91. The van der Waals surface area contributed by atoms with Gasteiger partial charge in [-0.3, -0.25) is 4.99 Å². The number of anilines is 1.